The van der Waals surface area contributed by atoms with E-state index in [0.29, 0.717) is 22.7 Å². The molecule has 0 spiro atoms. The van der Waals surface area contributed by atoms with Crippen molar-refractivity contribution in [2.45, 2.75) is 50.2 Å². The fourth-order valence-electron chi connectivity index (χ4n) is 3.51. The molecule has 1 N–H and O–H groups in total. The lowest BCUT2D eigenvalue weighted by Crippen LogP contribution is -2.18. The highest BCUT2D eigenvalue weighted by Gasteiger charge is 2.21. The van der Waals surface area contributed by atoms with Crippen molar-refractivity contribution < 1.29 is 9.18 Å². The third kappa shape index (κ3) is 4.64. The first-order chi connectivity index (χ1) is 14.1. The molecule has 10 heteroatoms. The number of rotatable bonds is 6. The number of tetrazole rings is 1. The van der Waals surface area contributed by atoms with Gasteiger partial charge < -0.3 is 5.32 Å². The summed E-state index contributed by atoms with van der Waals surface area (Å²) in [5.74, 6) is 0.208. The van der Waals surface area contributed by atoms with E-state index < -0.39 is 0 Å². The molecule has 0 saturated heterocycles. The summed E-state index contributed by atoms with van der Waals surface area (Å²) in [5, 5.41) is 19.9. The number of halogens is 1. The molecule has 8 nitrogen and oxygen atoms in total. The minimum Gasteiger partial charge on any atom is -0.310 e. The zero-order chi connectivity index (χ0) is 20.2. The van der Waals surface area contributed by atoms with Crippen LogP contribution in [0, 0.1) is 12.7 Å². The van der Waals surface area contributed by atoms with E-state index in [0.717, 1.165) is 18.5 Å². The number of hydrogen-bond donors (Lipinski definition) is 1. The van der Waals surface area contributed by atoms with Crippen molar-refractivity contribution in [2.24, 2.45) is 0 Å². The van der Waals surface area contributed by atoms with Crippen molar-refractivity contribution in [3.05, 3.63) is 41.8 Å². The number of amides is 1. The van der Waals surface area contributed by atoms with Crippen LogP contribution in [0.3, 0.4) is 0 Å². The lowest BCUT2D eigenvalue weighted by Gasteiger charge is -2.21. The van der Waals surface area contributed by atoms with Gasteiger partial charge >= 0.3 is 0 Å². The number of hydrogen-bond acceptors (Lipinski definition) is 6. The van der Waals surface area contributed by atoms with E-state index in [2.05, 4.69) is 25.9 Å². The van der Waals surface area contributed by atoms with Crippen LogP contribution in [-0.2, 0) is 4.79 Å². The van der Waals surface area contributed by atoms with Gasteiger partial charge in [0, 0.05) is 6.07 Å². The van der Waals surface area contributed by atoms with Crippen molar-refractivity contribution in [1.29, 1.82) is 0 Å². The van der Waals surface area contributed by atoms with Crippen LogP contribution < -0.4 is 5.32 Å². The lowest BCUT2D eigenvalue weighted by atomic mass is 9.96. The van der Waals surface area contributed by atoms with Gasteiger partial charge in [0.15, 0.2) is 0 Å². The Balaban J connectivity index is 1.41. The molecular formula is C19H22FN7OS. The zero-order valence-electron chi connectivity index (χ0n) is 16.1. The second kappa shape index (κ2) is 8.73. The summed E-state index contributed by atoms with van der Waals surface area (Å²) in [5.41, 5.74) is 1.42. The number of carbonyl (C=O) groups excluding carboxylic acids is 1. The summed E-state index contributed by atoms with van der Waals surface area (Å²) >= 11 is 1.32. The molecule has 1 aromatic carbocycles. The van der Waals surface area contributed by atoms with Gasteiger partial charge in [-0.2, -0.15) is 5.10 Å². The van der Waals surface area contributed by atoms with Gasteiger partial charge in [0.2, 0.25) is 11.1 Å². The Kier molecular flexibility index (Phi) is 5.89. The maximum Gasteiger partial charge on any atom is 0.236 e. The van der Waals surface area contributed by atoms with Crippen molar-refractivity contribution in [3.63, 3.8) is 0 Å². The average Bonchev–Trinajstić information content (AvgIpc) is 3.34. The van der Waals surface area contributed by atoms with E-state index in [1.807, 2.05) is 11.6 Å². The molecular weight excluding hydrogens is 393 g/mol. The Morgan fingerprint density at radius 3 is 2.76 bits per heavy atom. The van der Waals surface area contributed by atoms with Crippen LogP contribution in [0.1, 0.15) is 43.8 Å². The van der Waals surface area contributed by atoms with Gasteiger partial charge in [-0.05, 0) is 54.5 Å². The molecule has 0 radical (unpaired) electrons. The number of benzene rings is 1. The fourth-order valence-corrected chi connectivity index (χ4v) is 4.26. The Labute approximate surface area is 171 Å². The van der Waals surface area contributed by atoms with E-state index in [9.17, 15) is 9.18 Å². The quantitative estimate of drug-likeness (QED) is 0.619. The van der Waals surface area contributed by atoms with E-state index in [1.54, 1.807) is 22.9 Å². The van der Waals surface area contributed by atoms with Gasteiger partial charge in [-0.25, -0.2) is 13.8 Å². The number of nitrogens with zero attached hydrogens (tertiary/aromatic N) is 6. The number of thioether (sulfide) groups is 1. The number of anilines is 1. The van der Waals surface area contributed by atoms with Crippen LogP contribution in [0.25, 0.3) is 5.69 Å². The largest absolute Gasteiger partial charge is 0.310 e. The lowest BCUT2D eigenvalue weighted by molar-refractivity contribution is -0.113. The molecule has 3 aromatic rings. The Hall–Kier alpha value is -2.75. The predicted molar refractivity (Wildman–Crippen MR) is 108 cm³/mol. The minimum atomic E-state index is -0.324. The number of carbonyl (C=O) groups is 1. The molecule has 1 aliphatic rings. The maximum absolute atomic E-state index is 13.2. The van der Waals surface area contributed by atoms with Crippen LogP contribution >= 0.6 is 11.8 Å². The Morgan fingerprint density at radius 1 is 1.24 bits per heavy atom. The first kappa shape index (κ1) is 19.6. The number of aryl methyl sites for hydroxylation is 1. The SMILES string of the molecule is Cc1cc(NC(=O)CSc2nnnn2C2CCCCC2)n(-c2ccc(F)cc2)n1. The van der Waals surface area contributed by atoms with Crippen molar-refractivity contribution in [1.82, 2.24) is 30.0 Å². The zero-order valence-corrected chi connectivity index (χ0v) is 16.9. The Morgan fingerprint density at radius 2 is 2.00 bits per heavy atom. The Bertz CT molecular complexity index is 979. The maximum atomic E-state index is 13.2. The van der Waals surface area contributed by atoms with Crippen molar-refractivity contribution in [2.75, 3.05) is 11.1 Å². The topological polar surface area (TPSA) is 90.5 Å². The summed E-state index contributed by atoms with van der Waals surface area (Å²) in [7, 11) is 0. The van der Waals surface area contributed by atoms with Gasteiger partial charge in [0.1, 0.15) is 11.6 Å². The van der Waals surface area contributed by atoms with Crippen LogP contribution in [-0.4, -0.2) is 41.6 Å². The van der Waals surface area contributed by atoms with Gasteiger partial charge in [-0.1, -0.05) is 31.0 Å². The first-order valence-corrected chi connectivity index (χ1v) is 10.6. The molecule has 1 saturated carbocycles. The molecule has 0 aliphatic heterocycles. The normalized spacial score (nSPS) is 14.8. The van der Waals surface area contributed by atoms with E-state index >= 15 is 0 Å². The molecule has 29 heavy (non-hydrogen) atoms. The second-order valence-corrected chi connectivity index (χ2v) is 8.04. The molecule has 1 amide bonds. The van der Waals surface area contributed by atoms with Crippen LogP contribution in [0.4, 0.5) is 10.2 Å². The highest BCUT2D eigenvalue weighted by Crippen LogP contribution is 2.30. The summed E-state index contributed by atoms with van der Waals surface area (Å²) < 4.78 is 16.6. The highest BCUT2D eigenvalue weighted by atomic mass is 32.2. The van der Waals surface area contributed by atoms with Gasteiger partial charge in [-0.3, -0.25) is 4.79 Å². The second-order valence-electron chi connectivity index (χ2n) is 7.09. The molecule has 1 aliphatic carbocycles. The molecule has 2 aromatic heterocycles. The van der Waals surface area contributed by atoms with Gasteiger partial charge in [0.05, 0.1) is 23.2 Å². The van der Waals surface area contributed by atoms with Crippen LogP contribution in [0.15, 0.2) is 35.5 Å². The van der Waals surface area contributed by atoms with E-state index in [1.165, 1.54) is 43.2 Å². The molecule has 0 bridgehead atoms. The fraction of sp³-hybridized carbons (Fsp3) is 0.421. The molecule has 0 unspecified atom stereocenters. The summed E-state index contributed by atoms with van der Waals surface area (Å²) in [6.45, 7) is 1.84. The monoisotopic (exact) mass is 415 g/mol. The van der Waals surface area contributed by atoms with Crippen LogP contribution in [0.2, 0.25) is 0 Å². The molecule has 0 atom stereocenters. The summed E-state index contributed by atoms with van der Waals surface area (Å²) in [4.78, 5) is 12.5. The van der Waals surface area contributed by atoms with E-state index in [4.69, 9.17) is 0 Å². The smallest absolute Gasteiger partial charge is 0.236 e. The van der Waals surface area contributed by atoms with Crippen molar-refractivity contribution >= 4 is 23.5 Å². The molecule has 1 fully saturated rings. The highest BCUT2D eigenvalue weighted by molar-refractivity contribution is 7.99. The third-order valence-electron chi connectivity index (χ3n) is 4.89. The summed E-state index contributed by atoms with van der Waals surface area (Å²) in [6, 6.07) is 8.04. The number of aromatic nitrogens is 6. The predicted octanol–water partition coefficient (Wildman–Crippen LogP) is 3.54. The summed E-state index contributed by atoms with van der Waals surface area (Å²) in [6.07, 6.45) is 5.76. The van der Waals surface area contributed by atoms with Gasteiger partial charge in [0.25, 0.3) is 0 Å². The van der Waals surface area contributed by atoms with E-state index in [-0.39, 0.29) is 17.5 Å². The van der Waals surface area contributed by atoms with Gasteiger partial charge in [-0.15, -0.1) is 5.10 Å². The van der Waals surface area contributed by atoms with Crippen LogP contribution in [0.5, 0.6) is 0 Å². The standard InChI is InChI=1S/C19H22FN7OS/c1-13-11-17(26(23-13)16-9-7-14(20)8-10-16)21-18(28)12-29-19-22-24-25-27(19)15-5-3-2-4-6-15/h7-11,15H,2-6,12H2,1H3,(H,21,28). The van der Waals surface area contributed by atoms with Crippen molar-refractivity contribution in [3.8, 4) is 5.69 Å². The minimum absolute atomic E-state index is 0.181. The number of nitrogens with one attached hydrogen (secondary N) is 1. The first-order valence-electron chi connectivity index (χ1n) is 9.63. The third-order valence-corrected chi connectivity index (χ3v) is 5.82. The molecule has 152 valence electrons. The average molecular weight is 415 g/mol. The molecule has 4 rings (SSSR count). The molecule has 2 heterocycles.